The van der Waals surface area contributed by atoms with Gasteiger partial charge in [-0.2, -0.15) is 0 Å². The first kappa shape index (κ1) is 10.9. The third kappa shape index (κ3) is 2.32. The molecule has 1 amide bonds. The normalized spacial score (nSPS) is 34.5. The van der Waals surface area contributed by atoms with E-state index in [1.807, 2.05) is 13.8 Å². The van der Waals surface area contributed by atoms with Crippen LogP contribution in [0, 0.1) is 5.92 Å². The Morgan fingerprint density at radius 1 is 1.27 bits per heavy atom. The molecule has 4 nitrogen and oxygen atoms in total. The molecule has 0 unspecified atom stereocenters. The fourth-order valence-electron chi connectivity index (χ4n) is 2.42. The Hall–Kier alpha value is -0.610. The highest BCUT2D eigenvalue weighted by molar-refractivity contribution is 5.77. The molecule has 1 N–H and O–H groups in total. The molecule has 3 aliphatic heterocycles. The molecule has 3 fully saturated rings. The molecule has 3 heterocycles. The number of nitrogens with one attached hydrogen (secondary N) is 1. The van der Waals surface area contributed by atoms with Gasteiger partial charge in [-0.05, 0) is 0 Å². The van der Waals surface area contributed by atoms with Gasteiger partial charge in [-0.25, -0.2) is 0 Å². The lowest BCUT2D eigenvalue weighted by Gasteiger charge is -2.50. The molecule has 4 heteroatoms. The monoisotopic (exact) mass is 212 g/mol. The summed E-state index contributed by atoms with van der Waals surface area (Å²) < 4.78 is 1.11. The standard InChI is InChI=1S/C11H21N3O/c1-10(2)11(15)12-9-14-6-3-13(4-7-14)5-8-14/h10H,3-9H2,1-2H3/p+1. The van der Waals surface area contributed by atoms with Crippen molar-refractivity contribution in [2.24, 2.45) is 5.92 Å². The van der Waals surface area contributed by atoms with Crippen molar-refractivity contribution in [3.05, 3.63) is 0 Å². The smallest absolute Gasteiger partial charge is 0.226 e. The van der Waals surface area contributed by atoms with E-state index in [1.165, 1.54) is 39.3 Å². The van der Waals surface area contributed by atoms with Gasteiger partial charge in [-0.1, -0.05) is 13.8 Å². The van der Waals surface area contributed by atoms with Crippen LogP contribution in [0.1, 0.15) is 13.8 Å². The predicted octanol–water partition coefficient (Wildman–Crippen LogP) is -0.138. The highest BCUT2D eigenvalue weighted by Gasteiger charge is 2.38. The Morgan fingerprint density at radius 2 is 1.80 bits per heavy atom. The number of nitrogens with zero attached hydrogens (tertiary/aromatic N) is 2. The molecule has 3 saturated heterocycles. The second-order valence-corrected chi connectivity index (χ2v) is 5.21. The van der Waals surface area contributed by atoms with Gasteiger partial charge in [0.25, 0.3) is 0 Å². The average molecular weight is 212 g/mol. The van der Waals surface area contributed by atoms with Crippen LogP contribution >= 0.6 is 0 Å². The summed E-state index contributed by atoms with van der Waals surface area (Å²) in [6.07, 6.45) is 0. The molecule has 0 atom stereocenters. The minimum absolute atomic E-state index is 0.106. The van der Waals surface area contributed by atoms with E-state index >= 15 is 0 Å². The van der Waals surface area contributed by atoms with Crippen molar-refractivity contribution in [2.45, 2.75) is 13.8 Å². The minimum atomic E-state index is 0.106. The minimum Gasteiger partial charge on any atom is -0.309 e. The zero-order valence-corrected chi connectivity index (χ0v) is 9.83. The molecule has 0 saturated carbocycles. The number of hydrogen-bond donors (Lipinski definition) is 1. The Kier molecular flexibility index (Phi) is 2.98. The van der Waals surface area contributed by atoms with E-state index in [0.29, 0.717) is 0 Å². The van der Waals surface area contributed by atoms with E-state index in [-0.39, 0.29) is 11.8 Å². The summed E-state index contributed by atoms with van der Waals surface area (Å²) in [4.78, 5) is 14.0. The molecule has 3 aliphatic rings. The second kappa shape index (κ2) is 4.10. The van der Waals surface area contributed by atoms with E-state index in [4.69, 9.17) is 0 Å². The van der Waals surface area contributed by atoms with E-state index in [9.17, 15) is 4.79 Å². The zero-order chi connectivity index (χ0) is 10.9. The third-order valence-corrected chi connectivity index (χ3v) is 3.78. The summed E-state index contributed by atoms with van der Waals surface area (Å²) in [6.45, 7) is 12.0. The van der Waals surface area contributed by atoms with Crippen LogP contribution in [-0.4, -0.2) is 61.2 Å². The van der Waals surface area contributed by atoms with Gasteiger partial charge in [0, 0.05) is 25.6 Å². The summed E-state index contributed by atoms with van der Waals surface area (Å²) >= 11 is 0. The average Bonchev–Trinajstić information content (AvgIpc) is 2.28. The second-order valence-electron chi connectivity index (χ2n) is 5.21. The molecular formula is C11H22N3O+. The molecule has 0 aromatic rings. The molecule has 0 aromatic heterocycles. The number of carbonyl (C=O) groups excluding carboxylic acids is 1. The lowest BCUT2D eigenvalue weighted by Crippen LogP contribution is -2.69. The van der Waals surface area contributed by atoms with Gasteiger partial charge in [-0.3, -0.25) is 9.69 Å². The lowest BCUT2D eigenvalue weighted by atomic mass is 10.1. The Bertz CT molecular complexity index is 230. The molecule has 0 aliphatic carbocycles. The highest BCUT2D eigenvalue weighted by atomic mass is 16.2. The largest absolute Gasteiger partial charge is 0.309 e. The SMILES string of the molecule is CC(C)C(=O)NC[N+]12CCN(CC1)CC2. The number of rotatable bonds is 3. The van der Waals surface area contributed by atoms with Crippen LogP contribution in [0.4, 0.5) is 0 Å². The zero-order valence-electron chi connectivity index (χ0n) is 9.83. The first-order valence-electron chi connectivity index (χ1n) is 5.96. The molecule has 0 spiro atoms. The number of amides is 1. The summed E-state index contributed by atoms with van der Waals surface area (Å²) in [6, 6.07) is 0. The number of carbonyl (C=O) groups is 1. The van der Waals surface area contributed by atoms with Crippen LogP contribution in [0.3, 0.4) is 0 Å². The van der Waals surface area contributed by atoms with Gasteiger partial charge < -0.3 is 9.80 Å². The van der Waals surface area contributed by atoms with Crippen molar-refractivity contribution >= 4 is 5.91 Å². The maximum Gasteiger partial charge on any atom is 0.226 e. The number of fused-ring (bicyclic) bond motifs is 3. The maximum absolute atomic E-state index is 11.5. The van der Waals surface area contributed by atoms with Crippen molar-refractivity contribution in [3.63, 3.8) is 0 Å². The molecule has 2 bridgehead atoms. The Morgan fingerprint density at radius 3 is 2.27 bits per heavy atom. The van der Waals surface area contributed by atoms with Crippen LogP contribution in [0.5, 0.6) is 0 Å². The summed E-state index contributed by atoms with van der Waals surface area (Å²) in [5.74, 6) is 0.296. The van der Waals surface area contributed by atoms with Gasteiger partial charge in [0.05, 0.1) is 19.6 Å². The van der Waals surface area contributed by atoms with Crippen molar-refractivity contribution < 1.29 is 9.28 Å². The Labute approximate surface area is 91.8 Å². The van der Waals surface area contributed by atoms with Crippen LogP contribution in [0.25, 0.3) is 0 Å². The van der Waals surface area contributed by atoms with Crippen LogP contribution in [0.2, 0.25) is 0 Å². The summed E-state index contributed by atoms with van der Waals surface area (Å²) in [7, 11) is 0. The van der Waals surface area contributed by atoms with Gasteiger partial charge in [0.15, 0.2) is 6.67 Å². The topological polar surface area (TPSA) is 32.3 Å². The highest BCUT2D eigenvalue weighted by Crippen LogP contribution is 2.18. The molecule has 3 rings (SSSR count). The van der Waals surface area contributed by atoms with E-state index in [2.05, 4.69) is 10.2 Å². The maximum atomic E-state index is 11.5. The van der Waals surface area contributed by atoms with Crippen LogP contribution in [-0.2, 0) is 4.79 Å². The van der Waals surface area contributed by atoms with Crippen LogP contribution in [0.15, 0.2) is 0 Å². The molecule has 0 radical (unpaired) electrons. The number of hydrogen-bond acceptors (Lipinski definition) is 2. The van der Waals surface area contributed by atoms with Gasteiger partial charge in [-0.15, -0.1) is 0 Å². The fourth-order valence-corrected chi connectivity index (χ4v) is 2.42. The van der Waals surface area contributed by atoms with Crippen molar-refractivity contribution in [1.82, 2.24) is 10.2 Å². The Balaban J connectivity index is 1.85. The predicted molar refractivity (Wildman–Crippen MR) is 59.1 cm³/mol. The number of quaternary nitrogens is 1. The lowest BCUT2D eigenvalue weighted by molar-refractivity contribution is -0.942. The third-order valence-electron chi connectivity index (χ3n) is 3.78. The summed E-state index contributed by atoms with van der Waals surface area (Å²) in [5, 5.41) is 3.08. The van der Waals surface area contributed by atoms with Crippen molar-refractivity contribution in [2.75, 3.05) is 45.9 Å². The van der Waals surface area contributed by atoms with Crippen molar-refractivity contribution in [3.8, 4) is 0 Å². The van der Waals surface area contributed by atoms with E-state index in [1.54, 1.807) is 0 Å². The first-order chi connectivity index (χ1) is 7.11. The molecule has 86 valence electrons. The van der Waals surface area contributed by atoms with Gasteiger partial charge >= 0.3 is 0 Å². The van der Waals surface area contributed by atoms with Crippen LogP contribution < -0.4 is 5.32 Å². The summed E-state index contributed by atoms with van der Waals surface area (Å²) in [5.41, 5.74) is 0. The first-order valence-corrected chi connectivity index (χ1v) is 5.96. The molecule has 15 heavy (non-hydrogen) atoms. The van der Waals surface area contributed by atoms with Gasteiger partial charge in [0.2, 0.25) is 5.91 Å². The molecule has 0 aromatic carbocycles. The van der Waals surface area contributed by atoms with Gasteiger partial charge in [0.1, 0.15) is 0 Å². The quantitative estimate of drug-likeness (QED) is 0.661. The van der Waals surface area contributed by atoms with Crippen molar-refractivity contribution in [1.29, 1.82) is 0 Å². The van der Waals surface area contributed by atoms with E-state index < -0.39 is 0 Å². The molecular weight excluding hydrogens is 190 g/mol. The number of piperazine rings is 3. The van der Waals surface area contributed by atoms with E-state index in [0.717, 1.165) is 11.2 Å². The fraction of sp³-hybridized carbons (Fsp3) is 0.909.